The largest absolute Gasteiger partial charge is 0.405 e. The summed E-state index contributed by atoms with van der Waals surface area (Å²) in [6.45, 7) is 3.92. The van der Waals surface area contributed by atoms with E-state index in [1.807, 2.05) is 19.9 Å². The number of rotatable bonds is 2. The maximum atomic E-state index is 5.51. The summed E-state index contributed by atoms with van der Waals surface area (Å²) < 4.78 is 0. The van der Waals surface area contributed by atoms with Crippen LogP contribution in [-0.4, -0.2) is 0 Å². The maximum Gasteiger partial charge on any atom is 0.00818 e. The van der Waals surface area contributed by atoms with Crippen LogP contribution in [-0.2, 0) is 0 Å². The van der Waals surface area contributed by atoms with Crippen molar-refractivity contribution in [2.24, 2.45) is 11.5 Å². The molecule has 0 amide bonds. The van der Waals surface area contributed by atoms with E-state index in [0.717, 1.165) is 17.7 Å². The summed E-state index contributed by atoms with van der Waals surface area (Å²) in [6.07, 6.45) is 4.28. The van der Waals surface area contributed by atoms with E-state index in [9.17, 15) is 0 Å². The summed E-state index contributed by atoms with van der Waals surface area (Å²) in [5.74, 6) is 0. The number of hydrogen-bond donors (Lipinski definition) is 2. The van der Waals surface area contributed by atoms with Gasteiger partial charge in [0.25, 0.3) is 0 Å². The predicted octanol–water partition coefficient (Wildman–Crippen LogP) is 1.10. The molecule has 0 unspecified atom stereocenters. The Kier molecular flexibility index (Phi) is 3.60. The van der Waals surface area contributed by atoms with E-state index in [1.54, 1.807) is 0 Å². The molecule has 9 heavy (non-hydrogen) atoms. The van der Waals surface area contributed by atoms with E-state index in [-0.39, 0.29) is 0 Å². The van der Waals surface area contributed by atoms with Gasteiger partial charge in [-0.05, 0) is 31.2 Å². The zero-order chi connectivity index (χ0) is 7.28. The first-order chi connectivity index (χ1) is 4.22. The van der Waals surface area contributed by atoms with Gasteiger partial charge in [-0.25, -0.2) is 0 Å². The van der Waals surface area contributed by atoms with Gasteiger partial charge in [0, 0.05) is 5.70 Å². The molecule has 4 N–H and O–H groups in total. The maximum absolute atomic E-state index is 5.51. The smallest absolute Gasteiger partial charge is 0.00818 e. The van der Waals surface area contributed by atoms with Crippen LogP contribution in [0, 0.1) is 0 Å². The predicted molar refractivity (Wildman–Crippen MR) is 40.5 cm³/mol. The Labute approximate surface area is 56.2 Å². The van der Waals surface area contributed by atoms with Crippen molar-refractivity contribution in [1.82, 2.24) is 0 Å². The van der Waals surface area contributed by atoms with E-state index in [0.29, 0.717) is 0 Å². The van der Waals surface area contributed by atoms with Crippen molar-refractivity contribution < 1.29 is 0 Å². The monoisotopic (exact) mass is 126 g/mol. The van der Waals surface area contributed by atoms with Gasteiger partial charge in [-0.3, -0.25) is 0 Å². The standard InChI is InChI=1S/C7H14N2/c1-3-7(4-5-8)6(2)9/h4-5H,3,8-9H2,1-2H3/b5-4-,7-6-. The van der Waals surface area contributed by atoms with E-state index in [1.165, 1.54) is 6.20 Å². The molecule has 0 aromatic carbocycles. The second-order valence-corrected chi connectivity index (χ2v) is 1.92. The number of allylic oxidation sites excluding steroid dienone is 3. The molecule has 0 rings (SSSR count). The molecular weight excluding hydrogens is 112 g/mol. The minimum atomic E-state index is 0.846. The quantitative estimate of drug-likeness (QED) is 0.544. The van der Waals surface area contributed by atoms with Gasteiger partial charge in [0.2, 0.25) is 0 Å². The Hall–Kier alpha value is -0.920. The average Bonchev–Trinajstić information content (AvgIpc) is 1.82. The van der Waals surface area contributed by atoms with Gasteiger partial charge >= 0.3 is 0 Å². The lowest BCUT2D eigenvalue weighted by atomic mass is 10.1. The van der Waals surface area contributed by atoms with Crippen LogP contribution in [0.25, 0.3) is 0 Å². The van der Waals surface area contributed by atoms with Crippen LogP contribution in [0.1, 0.15) is 20.3 Å². The van der Waals surface area contributed by atoms with Crippen LogP contribution in [0.5, 0.6) is 0 Å². The van der Waals surface area contributed by atoms with Crippen molar-refractivity contribution >= 4 is 0 Å². The molecule has 0 aromatic heterocycles. The topological polar surface area (TPSA) is 52.0 Å². The summed E-state index contributed by atoms with van der Waals surface area (Å²) >= 11 is 0. The lowest BCUT2D eigenvalue weighted by molar-refractivity contribution is 1.08. The fourth-order valence-corrected chi connectivity index (χ4v) is 0.644. The molecule has 0 fully saturated rings. The molecule has 2 nitrogen and oxygen atoms in total. The molecule has 0 spiro atoms. The highest BCUT2D eigenvalue weighted by molar-refractivity contribution is 5.21. The highest BCUT2D eigenvalue weighted by Gasteiger charge is 1.88. The van der Waals surface area contributed by atoms with E-state index >= 15 is 0 Å². The first-order valence-electron chi connectivity index (χ1n) is 3.05. The van der Waals surface area contributed by atoms with Crippen molar-refractivity contribution in [3.8, 4) is 0 Å². The van der Waals surface area contributed by atoms with Crippen molar-refractivity contribution in [2.45, 2.75) is 20.3 Å². The minimum Gasteiger partial charge on any atom is -0.405 e. The lowest BCUT2D eigenvalue weighted by Crippen LogP contribution is -1.95. The average molecular weight is 126 g/mol. The molecule has 52 valence electrons. The summed E-state index contributed by atoms with van der Waals surface area (Å²) in [5, 5.41) is 0. The van der Waals surface area contributed by atoms with Crippen LogP contribution in [0.4, 0.5) is 0 Å². The van der Waals surface area contributed by atoms with Crippen LogP contribution in [0.15, 0.2) is 23.5 Å². The first kappa shape index (κ1) is 8.08. The fourth-order valence-electron chi connectivity index (χ4n) is 0.644. The van der Waals surface area contributed by atoms with E-state index < -0.39 is 0 Å². The summed E-state index contributed by atoms with van der Waals surface area (Å²) in [4.78, 5) is 0. The Balaban J connectivity index is 4.16. The SMILES string of the molecule is CCC(/C=C\N)=C(\C)N. The van der Waals surface area contributed by atoms with Gasteiger partial charge in [-0.1, -0.05) is 6.92 Å². The third kappa shape index (κ3) is 2.80. The Morgan fingerprint density at radius 3 is 2.22 bits per heavy atom. The molecule has 0 saturated heterocycles. The zero-order valence-electron chi connectivity index (χ0n) is 6.02. The van der Waals surface area contributed by atoms with E-state index in [4.69, 9.17) is 11.5 Å². The summed E-state index contributed by atoms with van der Waals surface area (Å²) in [7, 11) is 0. The number of hydrogen-bond acceptors (Lipinski definition) is 2. The van der Waals surface area contributed by atoms with Crippen molar-refractivity contribution in [3.63, 3.8) is 0 Å². The van der Waals surface area contributed by atoms with Gasteiger partial charge in [-0.15, -0.1) is 0 Å². The fraction of sp³-hybridized carbons (Fsp3) is 0.429. The normalized spacial score (nSPS) is 14.0. The van der Waals surface area contributed by atoms with Crippen molar-refractivity contribution in [3.05, 3.63) is 23.5 Å². The highest BCUT2D eigenvalue weighted by Crippen LogP contribution is 2.03. The Morgan fingerprint density at radius 2 is 2.11 bits per heavy atom. The molecule has 0 aliphatic rings. The van der Waals surface area contributed by atoms with Crippen LogP contribution in [0.3, 0.4) is 0 Å². The molecule has 0 atom stereocenters. The Morgan fingerprint density at radius 1 is 1.56 bits per heavy atom. The van der Waals surface area contributed by atoms with Gasteiger partial charge in [0.1, 0.15) is 0 Å². The molecule has 2 heteroatoms. The summed E-state index contributed by atoms with van der Waals surface area (Å²) in [6, 6.07) is 0. The van der Waals surface area contributed by atoms with Crippen LogP contribution >= 0.6 is 0 Å². The van der Waals surface area contributed by atoms with Gasteiger partial charge in [0.15, 0.2) is 0 Å². The second kappa shape index (κ2) is 4.01. The van der Waals surface area contributed by atoms with Crippen molar-refractivity contribution in [1.29, 1.82) is 0 Å². The molecule has 0 aromatic rings. The zero-order valence-corrected chi connectivity index (χ0v) is 6.02. The molecular formula is C7H14N2. The van der Waals surface area contributed by atoms with Crippen LogP contribution < -0.4 is 11.5 Å². The third-order valence-electron chi connectivity index (χ3n) is 1.18. The first-order valence-corrected chi connectivity index (χ1v) is 3.05. The molecule has 0 aliphatic heterocycles. The van der Waals surface area contributed by atoms with Crippen LogP contribution in [0.2, 0.25) is 0 Å². The third-order valence-corrected chi connectivity index (χ3v) is 1.18. The van der Waals surface area contributed by atoms with E-state index in [2.05, 4.69) is 0 Å². The summed E-state index contributed by atoms with van der Waals surface area (Å²) in [5.41, 5.74) is 12.6. The molecule has 0 saturated carbocycles. The molecule has 0 aliphatic carbocycles. The Bertz CT molecular complexity index is 130. The molecule has 0 radical (unpaired) electrons. The van der Waals surface area contributed by atoms with Crippen molar-refractivity contribution in [2.75, 3.05) is 0 Å². The van der Waals surface area contributed by atoms with Gasteiger partial charge in [-0.2, -0.15) is 0 Å². The minimum absolute atomic E-state index is 0.846. The highest BCUT2D eigenvalue weighted by atomic mass is 14.6. The number of nitrogens with two attached hydrogens (primary N) is 2. The lowest BCUT2D eigenvalue weighted by Gasteiger charge is -1.97. The molecule has 0 bridgehead atoms. The molecule has 0 heterocycles. The van der Waals surface area contributed by atoms with Gasteiger partial charge in [0.05, 0.1) is 0 Å². The second-order valence-electron chi connectivity index (χ2n) is 1.92. The van der Waals surface area contributed by atoms with Gasteiger partial charge < -0.3 is 11.5 Å².